The van der Waals surface area contributed by atoms with Crippen molar-refractivity contribution in [2.24, 2.45) is 0 Å². The lowest BCUT2D eigenvalue weighted by atomic mass is 10.2. The zero-order chi connectivity index (χ0) is 14.4. The fourth-order valence-electron chi connectivity index (χ4n) is 1.56. The quantitative estimate of drug-likeness (QED) is 0.296. The summed E-state index contributed by atoms with van der Waals surface area (Å²) in [5.74, 6) is 0.103. The van der Waals surface area contributed by atoms with E-state index in [9.17, 15) is 10.1 Å². The van der Waals surface area contributed by atoms with Gasteiger partial charge in [0.1, 0.15) is 11.7 Å². The number of rotatable bonds is 5. The average molecular weight is 287 g/mol. The van der Waals surface area contributed by atoms with E-state index in [0.29, 0.717) is 18.3 Å². The topological polar surface area (TPSA) is 105 Å². The molecule has 8 heteroatoms. The van der Waals surface area contributed by atoms with Crippen LogP contribution in [0.5, 0.6) is 0 Å². The highest BCUT2D eigenvalue weighted by Crippen LogP contribution is 2.31. The van der Waals surface area contributed by atoms with Gasteiger partial charge in [0.25, 0.3) is 0 Å². The normalized spacial score (nSPS) is 9.75. The van der Waals surface area contributed by atoms with Crippen molar-refractivity contribution in [2.75, 3.05) is 5.32 Å². The molecule has 7 nitrogen and oxygen atoms in total. The summed E-state index contributed by atoms with van der Waals surface area (Å²) < 4.78 is 0. The second-order valence-corrected chi connectivity index (χ2v) is 4.44. The minimum atomic E-state index is -0.590. The first kappa shape index (κ1) is 13.8. The van der Waals surface area contributed by atoms with E-state index in [1.54, 1.807) is 5.40 Å². The van der Waals surface area contributed by atoms with E-state index in [0.717, 1.165) is 5.56 Å². The van der Waals surface area contributed by atoms with Crippen LogP contribution < -0.4 is 5.32 Å². The van der Waals surface area contributed by atoms with Crippen LogP contribution in [0.1, 0.15) is 5.56 Å². The van der Waals surface area contributed by atoms with Crippen molar-refractivity contribution < 1.29 is 4.92 Å². The zero-order valence-electron chi connectivity index (χ0n) is 10.2. The van der Waals surface area contributed by atoms with Gasteiger partial charge in [-0.25, -0.2) is 9.97 Å². The molecule has 0 aliphatic heterocycles. The number of hydrogen-bond acceptors (Lipinski definition) is 7. The molecular weight excluding hydrogens is 278 g/mol. The van der Waals surface area contributed by atoms with Crippen LogP contribution in [0.15, 0.2) is 41.7 Å². The van der Waals surface area contributed by atoms with E-state index < -0.39 is 4.92 Å². The molecule has 0 aliphatic rings. The van der Waals surface area contributed by atoms with E-state index in [-0.39, 0.29) is 16.5 Å². The van der Waals surface area contributed by atoms with Crippen molar-refractivity contribution in [2.45, 2.75) is 11.6 Å². The molecule has 1 aromatic carbocycles. The third kappa shape index (κ3) is 3.21. The van der Waals surface area contributed by atoms with E-state index in [4.69, 9.17) is 5.26 Å². The molecule has 0 bridgehead atoms. The Morgan fingerprint density at radius 3 is 2.75 bits per heavy atom. The summed E-state index contributed by atoms with van der Waals surface area (Å²) in [6.07, 6.45) is 1.19. The molecule has 0 fully saturated rings. The Balaban J connectivity index is 2.25. The lowest BCUT2D eigenvalue weighted by Crippen LogP contribution is -2.06. The van der Waals surface area contributed by atoms with E-state index >= 15 is 0 Å². The van der Waals surface area contributed by atoms with Gasteiger partial charge in [0.15, 0.2) is 5.03 Å². The first-order valence-electron chi connectivity index (χ1n) is 5.55. The van der Waals surface area contributed by atoms with Gasteiger partial charge in [-0.2, -0.15) is 5.26 Å². The lowest BCUT2D eigenvalue weighted by molar-refractivity contribution is -0.387. The van der Waals surface area contributed by atoms with Crippen LogP contribution in [-0.2, 0) is 6.54 Å². The van der Waals surface area contributed by atoms with Gasteiger partial charge in [-0.3, -0.25) is 10.1 Å². The predicted molar refractivity (Wildman–Crippen MR) is 73.9 cm³/mol. The Kier molecular flexibility index (Phi) is 4.47. The predicted octanol–water partition coefficient (Wildman–Crippen LogP) is 2.57. The number of benzene rings is 1. The number of thioether (sulfide) groups is 1. The largest absolute Gasteiger partial charge is 0.360 e. The number of anilines is 1. The maximum atomic E-state index is 11.1. The molecule has 0 unspecified atom stereocenters. The molecule has 20 heavy (non-hydrogen) atoms. The van der Waals surface area contributed by atoms with Gasteiger partial charge in [-0.15, -0.1) is 0 Å². The summed E-state index contributed by atoms with van der Waals surface area (Å²) in [4.78, 5) is 18.1. The number of thiocyanates is 1. The summed E-state index contributed by atoms with van der Waals surface area (Å²) in [5, 5.41) is 24.4. The van der Waals surface area contributed by atoms with Crippen molar-refractivity contribution in [3.63, 3.8) is 0 Å². The maximum absolute atomic E-state index is 11.1. The first-order chi connectivity index (χ1) is 9.72. The summed E-state index contributed by atoms with van der Waals surface area (Å²) in [5.41, 5.74) is 0.685. The van der Waals surface area contributed by atoms with Crippen LogP contribution >= 0.6 is 11.8 Å². The molecule has 1 aromatic heterocycles. The molecule has 2 aromatic rings. The fourth-order valence-corrected chi connectivity index (χ4v) is 2.01. The van der Waals surface area contributed by atoms with Crippen molar-refractivity contribution in [1.29, 1.82) is 5.26 Å². The van der Waals surface area contributed by atoms with Crippen LogP contribution in [0.4, 0.5) is 11.5 Å². The number of nitro groups is 1. The van der Waals surface area contributed by atoms with Crippen LogP contribution in [-0.4, -0.2) is 14.9 Å². The summed E-state index contributed by atoms with van der Waals surface area (Å²) in [6.45, 7) is 0.398. The SMILES string of the molecule is N#CSc1ncnc(NCc2ccccc2)c1[N+](=O)[O-]. The zero-order valence-corrected chi connectivity index (χ0v) is 11.0. The van der Waals surface area contributed by atoms with E-state index in [2.05, 4.69) is 15.3 Å². The summed E-state index contributed by atoms with van der Waals surface area (Å²) >= 11 is 0.639. The van der Waals surface area contributed by atoms with E-state index in [1.807, 2.05) is 30.3 Å². The smallest absolute Gasteiger partial charge is 0.344 e. The van der Waals surface area contributed by atoms with Crippen molar-refractivity contribution in [1.82, 2.24) is 9.97 Å². The van der Waals surface area contributed by atoms with Gasteiger partial charge in [0.2, 0.25) is 5.82 Å². The van der Waals surface area contributed by atoms with Crippen LogP contribution in [0.2, 0.25) is 0 Å². The van der Waals surface area contributed by atoms with E-state index in [1.165, 1.54) is 6.33 Å². The number of nitriles is 1. The minimum Gasteiger partial charge on any atom is -0.360 e. The van der Waals surface area contributed by atoms with Gasteiger partial charge in [-0.05, 0) is 5.56 Å². The Labute approximate surface area is 118 Å². The molecule has 100 valence electrons. The van der Waals surface area contributed by atoms with Crippen LogP contribution in [0, 0.1) is 20.8 Å². The third-order valence-corrected chi connectivity index (χ3v) is 3.00. The fraction of sp³-hybridized carbons (Fsp3) is 0.0833. The molecule has 1 heterocycles. The monoisotopic (exact) mass is 287 g/mol. The highest BCUT2D eigenvalue weighted by Gasteiger charge is 2.23. The van der Waals surface area contributed by atoms with Crippen molar-refractivity contribution >= 4 is 23.3 Å². The molecule has 0 spiro atoms. The number of hydrogen-bond donors (Lipinski definition) is 1. The molecule has 1 N–H and O–H groups in total. The van der Waals surface area contributed by atoms with Crippen molar-refractivity contribution in [3.05, 3.63) is 52.3 Å². The molecule has 0 atom stereocenters. The van der Waals surface area contributed by atoms with Crippen molar-refractivity contribution in [3.8, 4) is 5.40 Å². The molecular formula is C12H9N5O2S. The highest BCUT2D eigenvalue weighted by atomic mass is 32.2. The number of nitrogens with zero attached hydrogens (tertiary/aromatic N) is 4. The summed E-state index contributed by atoms with van der Waals surface area (Å²) in [7, 11) is 0. The highest BCUT2D eigenvalue weighted by molar-refractivity contribution is 8.03. The maximum Gasteiger partial charge on any atom is 0.344 e. The number of aromatic nitrogens is 2. The molecule has 0 saturated heterocycles. The molecule has 0 saturated carbocycles. The lowest BCUT2D eigenvalue weighted by Gasteiger charge is -2.07. The molecule has 0 radical (unpaired) electrons. The summed E-state index contributed by atoms with van der Waals surface area (Å²) in [6, 6.07) is 9.43. The molecule has 2 rings (SSSR count). The standard InChI is InChI=1S/C12H9N5O2S/c13-7-20-12-10(17(18)19)11(15-8-16-12)14-6-9-4-2-1-3-5-9/h1-5,8H,6H2,(H,14,15,16). The Morgan fingerprint density at radius 2 is 2.10 bits per heavy atom. The van der Waals surface area contributed by atoms with Gasteiger partial charge < -0.3 is 5.32 Å². The number of nitrogens with one attached hydrogen (secondary N) is 1. The molecule has 0 aliphatic carbocycles. The van der Waals surface area contributed by atoms with Crippen LogP contribution in [0.3, 0.4) is 0 Å². The first-order valence-corrected chi connectivity index (χ1v) is 6.37. The van der Waals surface area contributed by atoms with Gasteiger partial charge in [-0.1, -0.05) is 30.3 Å². The average Bonchev–Trinajstić information content (AvgIpc) is 2.46. The Morgan fingerprint density at radius 1 is 1.35 bits per heavy atom. The van der Waals surface area contributed by atoms with Gasteiger partial charge in [0.05, 0.1) is 4.92 Å². The Bertz CT molecular complexity index is 657. The Hall–Kier alpha value is -2.66. The second kappa shape index (κ2) is 6.49. The van der Waals surface area contributed by atoms with Gasteiger partial charge in [0, 0.05) is 18.3 Å². The van der Waals surface area contributed by atoms with Crippen LogP contribution in [0.25, 0.3) is 0 Å². The van der Waals surface area contributed by atoms with Gasteiger partial charge >= 0.3 is 5.69 Å². The third-order valence-electron chi connectivity index (χ3n) is 2.42. The molecule has 0 amide bonds. The minimum absolute atomic E-state index is 0.0306. The second-order valence-electron chi connectivity index (χ2n) is 3.67.